The summed E-state index contributed by atoms with van der Waals surface area (Å²) in [5.41, 5.74) is 6.30. The van der Waals surface area contributed by atoms with Crippen LogP contribution >= 0.6 is 23.2 Å². The average Bonchev–Trinajstić information content (AvgIpc) is 3.21. The molecule has 1 aliphatic rings. The third-order valence-corrected chi connectivity index (χ3v) is 6.24. The fourth-order valence-electron chi connectivity index (χ4n) is 4.21. The number of aryl methyl sites for hydroxylation is 1. The van der Waals surface area contributed by atoms with Crippen LogP contribution in [0.25, 0.3) is 16.9 Å². The van der Waals surface area contributed by atoms with Gasteiger partial charge in [0.1, 0.15) is 12.4 Å². The van der Waals surface area contributed by atoms with Crippen LogP contribution in [0.5, 0.6) is 5.75 Å². The molecule has 6 heteroatoms. The fourth-order valence-corrected chi connectivity index (χ4v) is 4.55. The van der Waals surface area contributed by atoms with E-state index in [0.29, 0.717) is 36.0 Å². The van der Waals surface area contributed by atoms with Crippen molar-refractivity contribution in [3.05, 3.63) is 106 Å². The molecular weight excluding hydrogens is 455 g/mol. The van der Waals surface area contributed by atoms with E-state index in [1.54, 1.807) is 0 Å². The molecule has 0 saturated heterocycles. The molecule has 1 aliphatic heterocycles. The number of nitrogens with zero attached hydrogens (tertiary/aromatic N) is 1. The van der Waals surface area contributed by atoms with Gasteiger partial charge < -0.3 is 14.6 Å². The normalized spacial score (nSPS) is 11.9. The van der Waals surface area contributed by atoms with Gasteiger partial charge in [0.25, 0.3) is 0 Å². The first-order chi connectivity index (χ1) is 16.1. The van der Waals surface area contributed by atoms with Gasteiger partial charge >= 0.3 is 0 Å². The Balaban J connectivity index is 1.41. The minimum atomic E-state index is -0.00606. The van der Waals surface area contributed by atoms with Crippen LogP contribution < -0.4 is 10.1 Å². The Kier molecular flexibility index (Phi) is 6.12. The highest BCUT2D eigenvalue weighted by molar-refractivity contribution is 6.30. The Morgan fingerprint density at radius 1 is 0.939 bits per heavy atom. The molecule has 0 radical (unpaired) electrons. The maximum Gasteiger partial charge on any atom is 0.220 e. The number of benzene rings is 3. The van der Waals surface area contributed by atoms with Crippen LogP contribution in [0.3, 0.4) is 0 Å². The molecule has 0 atom stereocenters. The highest BCUT2D eigenvalue weighted by atomic mass is 35.5. The van der Waals surface area contributed by atoms with Gasteiger partial charge in [0.05, 0.1) is 5.69 Å². The second-order valence-corrected chi connectivity index (χ2v) is 8.89. The Bertz CT molecular complexity index is 1310. The number of amides is 1. The van der Waals surface area contributed by atoms with E-state index in [2.05, 4.69) is 22.0 Å². The molecule has 0 aliphatic carbocycles. The minimum absolute atomic E-state index is 0.00606. The number of hydrogen-bond acceptors (Lipinski definition) is 2. The highest BCUT2D eigenvalue weighted by Gasteiger charge is 2.24. The summed E-state index contributed by atoms with van der Waals surface area (Å²) in [6.07, 6.45) is 0.971. The lowest BCUT2D eigenvalue weighted by atomic mass is 10.0. The number of para-hydroxylation sites is 1. The third kappa shape index (κ3) is 4.63. The summed E-state index contributed by atoms with van der Waals surface area (Å²) < 4.78 is 8.19. The SMILES string of the molecule is O=C(CCc1cc2c(n1-c1ccc(Cl)cc1)-c1ccccc1OC2)NCc1cccc(Cl)c1. The Labute approximate surface area is 202 Å². The molecule has 0 unspecified atom stereocenters. The van der Waals surface area contributed by atoms with E-state index in [0.717, 1.165) is 39.5 Å². The summed E-state index contributed by atoms with van der Waals surface area (Å²) in [5, 5.41) is 4.34. The maximum atomic E-state index is 12.6. The quantitative estimate of drug-likeness (QED) is 0.340. The summed E-state index contributed by atoms with van der Waals surface area (Å²) in [6, 6.07) is 25.5. The molecule has 33 heavy (non-hydrogen) atoms. The van der Waals surface area contributed by atoms with E-state index in [-0.39, 0.29) is 5.91 Å². The lowest BCUT2D eigenvalue weighted by molar-refractivity contribution is -0.121. The van der Waals surface area contributed by atoms with E-state index in [1.165, 1.54) is 0 Å². The molecule has 1 N–H and O–H groups in total. The Hall–Kier alpha value is -3.21. The lowest BCUT2D eigenvalue weighted by Gasteiger charge is -2.21. The highest BCUT2D eigenvalue weighted by Crippen LogP contribution is 2.41. The first-order valence-electron chi connectivity index (χ1n) is 10.8. The number of nitrogens with one attached hydrogen (secondary N) is 1. The molecule has 5 rings (SSSR count). The van der Waals surface area contributed by atoms with Crippen LogP contribution in [-0.2, 0) is 24.4 Å². The Morgan fingerprint density at radius 2 is 1.76 bits per heavy atom. The van der Waals surface area contributed by atoms with Crippen molar-refractivity contribution in [2.45, 2.75) is 26.0 Å². The van der Waals surface area contributed by atoms with Crippen LogP contribution in [0.15, 0.2) is 78.9 Å². The largest absolute Gasteiger partial charge is 0.488 e. The number of halogens is 2. The molecule has 0 bridgehead atoms. The zero-order chi connectivity index (χ0) is 22.8. The zero-order valence-electron chi connectivity index (χ0n) is 17.9. The molecule has 3 aromatic carbocycles. The third-order valence-electron chi connectivity index (χ3n) is 5.75. The van der Waals surface area contributed by atoms with Crippen molar-refractivity contribution in [2.75, 3.05) is 0 Å². The van der Waals surface area contributed by atoms with E-state index in [4.69, 9.17) is 27.9 Å². The number of aromatic nitrogens is 1. The van der Waals surface area contributed by atoms with E-state index in [1.807, 2.05) is 66.7 Å². The van der Waals surface area contributed by atoms with Crippen molar-refractivity contribution >= 4 is 29.1 Å². The first-order valence-corrected chi connectivity index (χ1v) is 11.6. The standard InChI is InChI=1S/C27H22Cl2N2O2/c28-20-8-10-22(11-9-20)31-23(12-13-26(32)30-16-18-4-3-5-21(29)14-18)15-19-17-33-25-7-2-1-6-24(25)27(19)31/h1-11,14-15H,12-13,16-17H2,(H,30,32). The van der Waals surface area contributed by atoms with Crippen molar-refractivity contribution in [3.8, 4) is 22.7 Å². The number of fused-ring (bicyclic) bond motifs is 3. The van der Waals surface area contributed by atoms with Gasteiger partial charge in [-0.05, 0) is 66.6 Å². The monoisotopic (exact) mass is 476 g/mol. The molecule has 1 aromatic heterocycles. The molecule has 0 spiro atoms. The van der Waals surface area contributed by atoms with Gasteiger partial charge in [0.15, 0.2) is 0 Å². The zero-order valence-corrected chi connectivity index (χ0v) is 19.4. The van der Waals surface area contributed by atoms with Gasteiger partial charge in [-0.15, -0.1) is 0 Å². The molecule has 0 saturated carbocycles. The summed E-state index contributed by atoms with van der Waals surface area (Å²) in [5.74, 6) is 0.859. The molecule has 4 nitrogen and oxygen atoms in total. The van der Waals surface area contributed by atoms with Gasteiger partial charge in [-0.25, -0.2) is 0 Å². The van der Waals surface area contributed by atoms with Crippen LogP contribution in [0, 0.1) is 0 Å². The number of rotatable bonds is 6. The summed E-state index contributed by atoms with van der Waals surface area (Å²) in [7, 11) is 0. The van der Waals surface area contributed by atoms with Crippen molar-refractivity contribution in [1.82, 2.24) is 9.88 Å². The lowest BCUT2D eigenvalue weighted by Crippen LogP contribution is -2.23. The molecule has 2 heterocycles. The molecule has 166 valence electrons. The van der Waals surface area contributed by atoms with Crippen molar-refractivity contribution in [3.63, 3.8) is 0 Å². The number of hydrogen-bond donors (Lipinski definition) is 1. The summed E-state index contributed by atoms with van der Waals surface area (Å²) >= 11 is 12.2. The number of carbonyl (C=O) groups excluding carboxylic acids is 1. The van der Waals surface area contributed by atoms with Crippen LogP contribution in [0.1, 0.15) is 23.2 Å². The minimum Gasteiger partial charge on any atom is -0.488 e. The molecule has 1 amide bonds. The summed E-state index contributed by atoms with van der Waals surface area (Å²) in [6.45, 7) is 0.955. The topological polar surface area (TPSA) is 43.3 Å². The average molecular weight is 477 g/mol. The number of ether oxygens (including phenoxy) is 1. The van der Waals surface area contributed by atoms with Crippen molar-refractivity contribution in [1.29, 1.82) is 0 Å². The smallest absolute Gasteiger partial charge is 0.220 e. The van der Waals surface area contributed by atoms with Gasteiger partial charge in [-0.3, -0.25) is 4.79 Å². The molecule has 0 fully saturated rings. The van der Waals surface area contributed by atoms with Gasteiger partial charge in [0, 0.05) is 45.5 Å². The predicted octanol–water partition coefficient (Wildman–Crippen LogP) is 6.59. The van der Waals surface area contributed by atoms with Crippen LogP contribution in [0.4, 0.5) is 0 Å². The van der Waals surface area contributed by atoms with E-state index in [9.17, 15) is 4.79 Å². The Morgan fingerprint density at radius 3 is 2.58 bits per heavy atom. The summed E-state index contributed by atoms with van der Waals surface area (Å²) in [4.78, 5) is 12.6. The van der Waals surface area contributed by atoms with Crippen LogP contribution in [-0.4, -0.2) is 10.5 Å². The van der Waals surface area contributed by atoms with Gasteiger partial charge in [0.2, 0.25) is 5.91 Å². The molecular formula is C27H22Cl2N2O2. The van der Waals surface area contributed by atoms with Crippen molar-refractivity contribution < 1.29 is 9.53 Å². The fraction of sp³-hybridized carbons (Fsp3) is 0.148. The van der Waals surface area contributed by atoms with Gasteiger partial charge in [-0.1, -0.05) is 47.5 Å². The maximum absolute atomic E-state index is 12.6. The van der Waals surface area contributed by atoms with Crippen LogP contribution in [0.2, 0.25) is 10.0 Å². The second-order valence-electron chi connectivity index (χ2n) is 8.01. The second kappa shape index (κ2) is 9.34. The van der Waals surface area contributed by atoms with E-state index >= 15 is 0 Å². The molecule has 4 aromatic rings. The first kappa shape index (κ1) is 21.6. The van der Waals surface area contributed by atoms with E-state index < -0.39 is 0 Å². The predicted molar refractivity (Wildman–Crippen MR) is 132 cm³/mol. The van der Waals surface area contributed by atoms with Crippen molar-refractivity contribution in [2.24, 2.45) is 0 Å². The number of carbonyl (C=O) groups is 1. The van der Waals surface area contributed by atoms with Gasteiger partial charge in [-0.2, -0.15) is 0 Å².